The quantitative estimate of drug-likeness (QED) is 0.179. The number of aliphatic hydroxyl groups excluding tert-OH is 1. The molecular formula is C30H33FO3. The Bertz CT molecular complexity index is 1100. The molecule has 0 aromatic heterocycles. The molecule has 1 N–H and O–H groups in total. The van der Waals surface area contributed by atoms with Gasteiger partial charge in [0.1, 0.15) is 5.82 Å². The first-order valence-corrected chi connectivity index (χ1v) is 12.0. The molecule has 0 aliphatic carbocycles. The summed E-state index contributed by atoms with van der Waals surface area (Å²) in [5, 5.41) is 9.69. The third kappa shape index (κ3) is 6.88. The predicted molar refractivity (Wildman–Crippen MR) is 136 cm³/mol. The first-order valence-electron chi connectivity index (χ1n) is 12.0. The highest BCUT2D eigenvalue weighted by Crippen LogP contribution is 2.30. The second-order valence-corrected chi connectivity index (χ2v) is 8.47. The Balaban J connectivity index is 1.74. The third-order valence-electron chi connectivity index (χ3n) is 6.01. The highest BCUT2D eigenvalue weighted by molar-refractivity contribution is 5.81. The van der Waals surface area contributed by atoms with Gasteiger partial charge in [0.25, 0.3) is 0 Å². The van der Waals surface area contributed by atoms with E-state index < -0.39 is 5.97 Å². The molecule has 34 heavy (non-hydrogen) atoms. The maximum atomic E-state index is 15.1. The molecule has 178 valence electrons. The molecule has 3 aromatic carbocycles. The van der Waals surface area contributed by atoms with Gasteiger partial charge in [-0.05, 0) is 65.1 Å². The zero-order chi connectivity index (χ0) is 24.3. The molecule has 3 nitrogen and oxygen atoms in total. The van der Waals surface area contributed by atoms with Gasteiger partial charge in [0, 0.05) is 11.6 Å². The van der Waals surface area contributed by atoms with Crippen molar-refractivity contribution in [2.24, 2.45) is 0 Å². The van der Waals surface area contributed by atoms with Crippen LogP contribution in [-0.4, -0.2) is 17.7 Å². The lowest BCUT2D eigenvalue weighted by Crippen LogP contribution is -2.04. The van der Waals surface area contributed by atoms with Crippen LogP contribution in [0.1, 0.15) is 49.3 Å². The van der Waals surface area contributed by atoms with Gasteiger partial charge in [-0.3, -0.25) is 0 Å². The Labute approximate surface area is 201 Å². The number of aryl methyl sites for hydroxylation is 2. The maximum Gasteiger partial charge on any atom is 0.330 e. The lowest BCUT2D eigenvalue weighted by molar-refractivity contribution is -0.137. The van der Waals surface area contributed by atoms with Crippen LogP contribution in [0.3, 0.4) is 0 Å². The second-order valence-electron chi connectivity index (χ2n) is 8.47. The summed E-state index contributed by atoms with van der Waals surface area (Å²) >= 11 is 0. The standard InChI is InChI=1S/C30H33FO3/c1-3-5-6-8-22-10-12-23(13-11-22)25-16-17-28(29(31)20-25)26-14-15-27(21-32)24(19-26)9-7-18-34-30(33)4-2/h4,10-17,19-20,32H,2-3,5-9,18,21H2,1H3. The summed E-state index contributed by atoms with van der Waals surface area (Å²) in [4.78, 5) is 11.2. The van der Waals surface area contributed by atoms with Crippen molar-refractivity contribution < 1.29 is 19.0 Å². The van der Waals surface area contributed by atoms with E-state index in [1.165, 1.54) is 24.8 Å². The third-order valence-corrected chi connectivity index (χ3v) is 6.01. The van der Waals surface area contributed by atoms with Crippen LogP contribution in [0.4, 0.5) is 4.39 Å². The van der Waals surface area contributed by atoms with Crippen LogP contribution in [0.25, 0.3) is 22.3 Å². The first-order chi connectivity index (χ1) is 16.5. The Morgan fingerprint density at radius 1 is 0.912 bits per heavy atom. The van der Waals surface area contributed by atoms with Gasteiger partial charge in [-0.1, -0.05) is 80.9 Å². The fourth-order valence-corrected chi connectivity index (χ4v) is 4.05. The smallest absolute Gasteiger partial charge is 0.330 e. The van der Waals surface area contributed by atoms with Crippen LogP contribution in [0.2, 0.25) is 0 Å². The van der Waals surface area contributed by atoms with Crippen LogP contribution in [-0.2, 0) is 29.0 Å². The molecule has 3 aromatic rings. The molecule has 0 aliphatic rings. The maximum absolute atomic E-state index is 15.1. The summed E-state index contributed by atoms with van der Waals surface area (Å²) in [5.74, 6) is -0.739. The summed E-state index contributed by atoms with van der Waals surface area (Å²) in [7, 11) is 0. The van der Waals surface area contributed by atoms with E-state index in [1.807, 2.05) is 30.3 Å². The van der Waals surface area contributed by atoms with E-state index in [9.17, 15) is 9.90 Å². The molecule has 4 heteroatoms. The number of halogens is 1. The van der Waals surface area contributed by atoms with Gasteiger partial charge in [0.05, 0.1) is 13.2 Å². The lowest BCUT2D eigenvalue weighted by Gasteiger charge is -2.12. The topological polar surface area (TPSA) is 46.5 Å². The minimum Gasteiger partial charge on any atom is -0.463 e. The van der Waals surface area contributed by atoms with E-state index in [1.54, 1.807) is 6.07 Å². The summed E-state index contributed by atoms with van der Waals surface area (Å²) in [6, 6.07) is 19.3. The molecule has 0 unspecified atom stereocenters. The molecule has 0 heterocycles. The minimum absolute atomic E-state index is 0.0993. The normalized spacial score (nSPS) is 10.8. The molecule has 3 rings (SSSR count). The zero-order valence-corrected chi connectivity index (χ0v) is 19.9. The van der Waals surface area contributed by atoms with Gasteiger partial charge in [0.2, 0.25) is 0 Å². The Kier molecular flexibility index (Phi) is 9.60. The van der Waals surface area contributed by atoms with Gasteiger partial charge in [0.15, 0.2) is 0 Å². The van der Waals surface area contributed by atoms with Gasteiger partial charge in [-0.25, -0.2) is 9.18 Å². The number of rotatable bonds is 12. The number of benzene rings is 3. The van der Waals surface area contributed by atoms with Crippen molar-refractivity contribution in [2.45, 2.75) is 52.1 Å². The summed E-state index contributed by atoms with van der Waals surface area (Å²) in [5.41, 5.74) is 6.12. The van der Waals surface area contributed by atoms with Gasteiger partial charge < -0.3 is 9.84 Å². The summed E-state index contributed by atoms with van der Waals surface area (Å²) in [6.45, 7) is 5.74. The van der Waals surface area contributed by atoms with Crippen LogP contribution in [0, 0.1) is 5.82 Å². The van der Waals surface area contributed by atoms with Crippen LogP contribution in [0.5, 0.6) is 0 Å². The van der Waals surface area contributed by atoms with E-state index >= 15 is 4.39 Å². The van der Waals surface area contributed by atoms with Crippen molar-refractivity contribution >= 4 is 5.97 Å². The SMILES string of the molecule is C=CC(=O)OCCCc1cc(-c2ccc(-c3ccc(CCCCC)cc3)cc2F)ccc1CO. The van der Waals surface area contributed by atoms with E-state index in [4.69, 9.17) is 4.74 Å². The van der Waals surface area contributed by atoms with Crippen molar-refractivity contribution in [1.29, 1.82) is 0 Å². The van der Waals surface area contributed by atoms with E-state index in [0.717, 1.165) is 40.3 Å². The number of unbranched alkanes of at least 4 members (excludes halogenated alkanes) is 2. The van der Waals surface area contributed by atoms with Crippen molar-refractivity contribution in [3.05, 3.63) is 95.8 Å². The highest BCUT2D eigenvalue weighted by atomic mass is 19.1. The fourth-order valence-electron chi connectivity index (χ4n) is 4.05. The number of carbonyl (C=O) groups is 1. The van der Waals surface area contributed by atoms with Gasteiger partial charge in [-0.15, -0.1) is 0 Å². The van der Waals surface area contributed by atoms with Crippen molar-refractivity contribution in [3.63, 3.8) is 0 Å². The first kappa shape index (κ1) is 25.4. The van der Waals surface area contributed by atoms with Crippen LogP contribution in [0.15, 0.2) is 73.3 Å². The Hall–Kier alpha value is -3.24. The number of hydrogen-bond acceptors (Lipinski definition) is 3. The zero-order valence-electron chi connectivity index (χ0n) is 19.9. The highest BCUT2D eigenvalue weighted by Gasteiger charge is 2.11. The molecule has 0 aliphatic heterocycles. The van der Waals surface area contributed by atoms with Crippen molar-refractivity contribution in [3.8, 4) is 22.3 Å². The molecule has 0 amide bonds. The monoisotopic (exact) mass is 460 g/mol. The Morgan fingerprint density at radius 2 is 1.65 bits per heavy atom. The lowest BCUT2D eigenvalue weighted by atomic mass is 9.94. The minimum atomic E-state index is -0.454. The number of esters is 1. The van der Waals surface area contributed by atoms with Crippen molar-refractivity contribution in [2.75, 3.05) is 6.61 Å². The molecule has 0 saturated carbocycles. The molecule has 0 saturated heterocycles. The molecule has 0 radical (unpaired) electrons. The second kappa shape index (κ2) is 12.9. The van der Waals surface area contributed by atoms with Crippen LogP contribution >= 0.6 is 0 Å². The predicted octanol–water partition coefficient (Wildman–Crippen LogP) is 7.05. The summed E-state index contributed by atoms with van der Waals surface area (Å²) in [6.07, 6.45) is 7.05. The number of hydrogen-bond donors (Lipinski definition) is 1. The largest absolute Gasteiger partial charge is 0.463 e. The number of ether oxygens (including phenoxy) is 1. The van der Waals surface area contributed by atoms with Crippen LogP contribution < -0.4 is 0 Å². The van der Waals surface area contributed by atoms with E-state index in [0.29, 0.717) is 18.4 Å². The molecule has 0 spiro atoms. The van der Waals surface area contributed by atoms with E-state index in [-0.39, 0.29) is 19.0 Å². The average molecular weight is 461 g/mol. The van der Waals surface area contributed by atoms with E-state index in [2.05, 4.69) is 37.8 Å². The van der Waals surface area contributed by atoms with Crippen molar-refractivity contribution in [1.82, 2.24) is 0 Å². The molecular weight excluding hydrogens is 427 g/mol. The fraction of sp³-hybridized carbons (Fsp3) is 0.300. The van der Waals surface area contributed by atoms with Gasteiger partial charge in [-0.2, -0.15) is 0 Å². The number of aliphatic hydroxyl groups is 1. The molecule has 0 fully saturated rings. The van der Waals surface area contributed by atoms with Gasteiger partial charge >= 0.3 is 5.97 Å². The number of carbonyl (C=O) groups excluding carboxylic acids is 1. The molecule has 0 atom stereocenters. The summed E-state index contributed by atoms with van der Waals surface area (Å²) < 4.78 is 20.2. The average Bonchev–Trinajstić information content (AvgIpc) is 2.87. The molecule has 0 bridgehead atoms. The Morgan fingerprint density at radius 3 is 2.32 bits per heavy atom.